The Balaban J connectivity index is 1.67. The van der Waals surface area contributed by atoms with E-state index in [9.17, 15) is 14.7 Å². The van der Waals surface area contributed by atoms with Gasteiger partial charge in [0.25, 0.3) is 0 Å². The zero-order chi connectivity index (χ0) is 19.4. The van der Waals surface area contributed by atoms with Crippen LogP contribution in [0.1, 0.15) is 27.6 Å². The highest BCUT2D eigenvalue weighted by molar-refractivity contribution is 6.30. The van der Waals surface area contributed by atoms with E-state index in [0.717, 1.165) is 11.1 Å². The van der Waals surface area contributed by atoms with Crippen molar-refractivity contribution in [3.63, 3.8) is 0 Å². The molecule has 0 aliphatic carbocycles. The van der Waals surface area contributed by atoms with Gasteiger partial charge in [-0.2, -0.15) is 0 Å². The molecule has 0 spiro atoms. The van der Waals surface area contributed by atoms with Gasteiger partial charge in [0.05, 0.1) is 5.56 Å². The topological polar surface area (TPSA) is 63.6 Å². The summed E-state index contributed by atoms with van der Waals surface area (Å²) in [6, 6.07) is 20.1. The van der Waals surface area contributed by atoms with Crippen LogP contribution in [0.25, 0.3) is 11.1 Å². The lowest BCUT2D eigenvalue weighted by molar-refractivity contribution is 0.0319. The molecule has 0 aliphatic rings. The maximum absolute atomic E-state index is 12.3. The van der Waals surface area contributed by atoms with Gasteiger partial charge in [-0.05, 0) is 66.6 Å². The van der Waals surface area contributed by atoms with E-state index in [2.05, 4.69) is 0 Å². The zero-order valence-electron chi connectivity index (χ0n) is 14.6. The van der Waals surface area contributed by atoms with Crippen LogP contribution in [-0.2, 0) is 4.74 Å². The fourth-order valence-corrected chi connectivity index (χ4v) is 2.71. The number of phenols is 1. The van der Waals surface area contributed by atoms with Gasteiger partial charge in [0.2, 0.25) is 5.78 Å². The first-order valence-electron chi connectivity index (χ1n) is 8.34. The Hall–Kier alpha value is -3.11. The molecule has 0 saturated heterocycles. The fraction of sp³-hybridized carbons (Fsp3) is 0.0909. The maximum atomic E-state index is 12.3. The summed E-state index contributed by atoms with van der Waals surface area (Å²) < 4.78 is 5.29. The van der Waals surface area contributed by atoms with Gasteiger partial charge < -0.3 is 9.84 Å². The summed E-state index contributed by atoms with van der Waals surface area (Å²) in [6.45, 7) is 1.54. The maximum Gasteiger partial charge on any atom is 0.338 e. The molecule has 0 saturated carbocycles. The van der Waals surface area contributed by atoms with Crippen molar-refractivity contribution in [1.29, 1.82) is 0 Å². The normalized spacial score (nSPS) is 11.6. The first kappa shape index (κ1) is 18.7. The van der Waals surface area contributed by atoms with Crippen molar-refractivity contribution in [2.75, 3.05) is 0 Å². The van der Waals surface area contributed by atoms with E-state index >= 15 is 0 Å². The summed E-state index contributed by atoms with van der Waals surface area (Å²) in [6.07, 6.45) is -0.907. The molecule has 0 bridgehead atoms. The van der Waals surface area contributed by atoms with Crippen LogP contribution in [0, 0.1) is 0 Å². The molecule has 3 aromatic carbocycles. The highest BCUT2D eigenvalue weighted by Crippen LogP contribution is 2.22. The van der Waals surface area contributed by atoms with Gasteiger partial charge in [-0.3, -0.25) is 4.79 Å². The monoisotopic (exact) mass is 380 g/mol. The van der Waals surface area contributed by atoms with Gasteiger partial charge in [0.15, 0.2) is 6.10 Å². The molecule has 3 rings (SSSR count). The van der Waals surface area contributed by atoms with Crippen LogP contribution in [0.2, 0.25) is 5.02 Å². The minimum atomic E-state index is -0.907. The average Bonchev–Trinajstić information content (AvgIpc) is 2.68. The van der Waals surface area contributed by atoms with Crippen LogP contribution in [0.5, 0.6) is 5.75 Å². The van der Waals surface area contributed by atoms with Crippen molar-refractivity contribution in [3.8, 4) is 16.9 Å². The standard InChI is InChI=1S/C22H17ClO4/c1-14(21(25)17-6-10-19(23)11-7-17)27-22(26)18-4-2-15(3-5-18)16-8-12-20(24)13-9-16/h2-14,24H,1H3/t14-/m1/s1. The number of hydrogen-bond donors (Lipinski definition) is 1. The predicted molar refractivity (Wildman–Crippen MR) is 104 cm³/mol. The molecule has 136 valence electrons. The minimum absolute atomic E-state index is 0.193. The van der Waals surface area contributed by atoms with E-state index in [1.165, 1.54) is 0 Å². The van der Waals surface area contributed by atoms with Crippen molar-refractivity contribution in [1.82, 2.24) is 0 Å². The van der Waals surface area contributed by atoms with Crippen LogP contribution in [0.4, 0.5) is 0 Å². The Labute approximate surface area is 162 Å². The minimum Gasteiger partial charge on any atom is -0.508 e. The lowest BCUT2D eigenvalue weighted by Gasteiger charge is -2.13. The second kappa shape index (κ2) is 8.06. The third-order valence-electron chi connectivity index (χ3n) is 4.10. The molecule has 1 atom stereocenters. The molecule has 0 unspecified atom stereocenters. The molecular formula is C22H17ClO4. The van der Waals surface area contributed by atoms with E-state index < -0.39 is 12.1 Å². The van der Waals surface area contributed by atoms with Crippen LogP contribution < -0.4 is 0 Å². The number of ketones is 1. The van der Waals surface area contributed by atoms with Crippen LogP contribution >= 0.6 is 11.6 Å². The number of halogens is 1. The Kier molecular flexibility index (Phi) is 5.57. The van der Waals surface area contributed by atoms with Gasteiger partial charge in [-0.25, -0.2) is 4.79 Å². The largest absolute Gasteiger partial charge is 0.508 e. The molecule has 5 heteroatoms. The highest BCUT2D eigenvalue weighted by atomic mass is 35.5. The molecule has 3 aromatic rings. The Morgan fingerprint density at radius 3 is 1.85 bits per heavy atom. The van der Waals surface area contributed by atoms with Gasteiger partial charge in [0, 0.05) is 10.6 Å². The lowest BCUT2D eigenvalue weighted by atomic mass is 10.0. The van der Waals surface area contributed by atoms with E-state index in [4.69, 9.17) is 16.3 Å². The predicted octanol–water partition coefficient (Wildman–Crippen LogP) is 5.14. The number of aromatic hydroxyl groups is 1. The van der Waals surface area contributed by atoms with E-state index in [-0.39, 0.29) is 11.5 Å². The molecule has 0 amide bonds. The quantitative estimate of drug-likeness (QED) is 0.491. The number of hydrogen-bond acceptors (Lipinski definition) is 4. The summed E-state index contributed by atoms with van der Waals surface area (Å²) in [5.41, 5.74) is 2.60. The first-order chi connectivity index (χ1) is 12.9. The number of esters is 1. The third-order valence-corrected chi connectivity index (χ3v) is 4.35. The zero-order valence-corrected chi connectivity index (χ0v) is 15.3. The van der Waals surface area contributed by atoms with Crippen molar-refractivity contribution in [2.24, 2.45) is 0 Å². The SMILES string of the molecule is C[C@@H](OC(=O)c1ccc(-c2ccc(O)cc2)cc1)C(=O)c1ccc(Cl)cc1. The molecule has 1 N–H and O–H groups in total. The Bertz CT molecular complexity index is 945. The summed E-state index contributed by atoms with van der Waals surface area (Å²) in [5, 5.41) is 9.88. The van der Waals surface area contributed by atoms with E-state index in [1.54, 1.807) is 79.7 Å². The van der Waals surface area contributed by atoms with Crippen molar-refractivity contribution in [3.05, 3.63) is 88.9 Å². The fourth-order valence-electron chi connectivity index (χ4n) is 2.58. The van der Waals surface area contributed by atoms with Gasteiger partial charge in [-0.1, -0.05) is 35.9 Å². The average molecular weight is 381 g/mol. The van der Waals surface area contributed by atoms with Gasteiger partial charge in [0.1, 0.15) is 5.75 Å². The molecule has 0 aromatic heterocycles. The molecule has 0 aliphatic heterocycles. The van der Waals surface area contributed by atoms with Crippen LogP contribution in [0.3, 0.4) is 0 Å². The lowest BCUT2D eigenvalue weighted by Crippen LogP contribution is -2.24. The first-order valence-corrected chi connectivity index (χ1v) is 8.72. The highest BCUT2D eigenvalue weighted by Gasteiger charge is 2.20. The summed E-state index contributed by atoms with van der Waals surface area (Å²) in [4.78, 5) is 24.7. The van der Waals surface area contributed by atoms with Crippen molar-refractivity contribution in [2.45, 2.75) is 13.0 Å². The second-order valence-corrected chi connectivity index (χ2v) is 6.48. The number of Topliss-reactive ketones (excluding diaryl/α,β-unsaturated/α-hetero) is 1. The number of benzene rings is 3. The molecule has 27 heavy (non-hydrogen) atoms. The number of rotatable bonds is 5. The van der Waals surface area contributed by atoms with Gasteiger partial charge in [-0.15, -0.1) is 0 Å². The second-order valence-electron chi connectivity index (χ2n) is 6.04. The summed E-state index contributed by atoms with van der Waals surface area (Å²) in [5.74, 6) is -0.666. The number of carbonyl (C=O) groups is 2. The summed E-state index contributed by atoms with van der Waals surface area (Å²) in [7, 11) is 0. The Morgan fingerprint density at radius 2 is 1.30 bits per heavy atom. The molecule has 4 nitrogen and oxygen atoms in total. The molecular weight excluding hydrogens is 364 g/mol. The molecule has 0 fully saturated rings. The van der Waals surface area contributed by atoms with Gasteiger partial charge >= 0.3 is 5.97 Å². The number of phenolic OH excluding ortho intramolecular Hbond substituents is 1. The smallest absolute Gasteiger partial charge is 0.338 e. The third kappa shape index (κ3) is 4.54. The molecule has 0 radical (unpaired) electrons. The number of carbonyl (C=O) groups excluding carboxylic acids is 2. The summed E-state index contributed by atoms with van der Waals surface area (Å²) >= 11 is 5.82. The van der Waals surface area contributed by atoms with Crippen LogP contribution in [-0.4, -0.2) is 23.0 Å². The van der Waals surface area contributed by atoms with Crippen molar-refractivity contribution >= 4 is 23.4 Å². The molecule has 0 heterocycles. The van der Waals surface area contributed by atoms with Crippen molar-refractivity contribution < 1.29 is 19.4 Å². The van der Waals surface area contributed by atoms with E-state index in [1.807, 2.05) is 0 Å². The van der Waals surface area contributed by atoms with Crippen LogP contribution in [0.15, 0.2) is 72.8 Å². The van der Waals surface area contributed by atoms with E-state index in [0.29, 0.717) is 16.1 Å². The Morgan fingerprint density at radius 1 is 0.815 bits per heavy atom. The number of ether oxygens (including phenoxy) is 1.